The van der Waals surface area contributed by atoms with Gasteiger partial charge >= 0.3 is 5.97 Å². The number of aliphatic carboxylic acids is 1. The van der Waals surface area contributed by atoms with Crippen LogP contribution in [-0.4, -0.2) is 39.7 Å². The van der Waals surface area contributed by atoms with Crippen LogP contribution in [0.3, 0.4) is 0 Å². The van der Waals surface area contributed by atoms with Gasteiger partial charge in [0, 0.05) is 6.07 Å². The first kappa shape index (κ1) is 11.9. The number of pyridine rings is 1. The number of hydrogen-bond acceptors (Lipinski definition) is 4. The van der Waals surface area contributed by atoms with Gasteiger partial charge in [-0.3, -0.25) is 9.59 Å². The number of carboxylic acid groups (broad SMARTS) is 1. The van der Waals surface area contributed by atoms with E-state index in [-0.39, 0.29) is 5.69 Å². The zero-order chi connectivity index (χ0) is 12.1. The molecule has 0 bridgehead atoms. The van der Waals surface area contributed by atoms with Crippen molar-refractivity contribution in [1.82, 2.24) is 10.3 Å². The van der Waals surface area contributed by atoms with E-state index in [0.717, 1.165) is 0 Å². The van der Waals surface area contributed by atoms with Crippen LogP contribution >= 0.6 is 0 Å². The summed E-state index contributed by atoms with van der Waals surface area (Å²) >= 11 is 0. The van der Waals surface area contributed by atoms with Gasteiger partial charge in [0.1, 0.15) is 5.69 Å². The lowest BCUT2D eigenvalue weighted by molar-refractivity contribution is -0.140. The molecule has 1 atom stereocenters. The highest BCUT2D eigenvalue weighted by molar-refractivity contribution is 5.94. The number of carbonyl (C=O) groups is 2. The molecule has 0 saturated carbocycles. The second kappa shape index (κ2) is 5.08. The molecule has 1 rings (SSSR count). The van der Waals surface area contributed by atoms with Crippen LogP contribution in [0.1, 0.15) is 10.5 Å². The molecular weight excluding hydrogens is 216 g/mol. The summed E-state index contributed by atoms with van der Waals surface area (Å²) in [5.74, 6) is -2.12. The number of amides is 1. The van der Waals surface area contributed by atoms with E-state index in [9.17, 15) is 14.4 Å². The minimum Gasteiger partial charge on any atom is -0.480 e. The van der Waals surface area contributed by atoms with Crippen molar-refractivity contribution in [3.8, 4) is 0 Å². The van der Waals surface area contributed by atoms with E-state index in [0.29, 0.717) is 0 Å². The molecular formula is C9H10N2O5. The topological polar surface area (TPSA) is 119 Å². The van der Waals surface area contributed by atoms with Crippen molar-refractivity contribution in [3.05, 3.63) is 34.2 Å². The van der Waals surface area contributed by atoms with Gasteiger partial charge in [0.25, 0.3) is 5.91 Å². The maximum atomic E-state index is 11.4. The van der Waals surface area contributed by atoms with Crippen LogP contribution < -0.4 is 10.9 Å². The predicted octanol–water partition coefficient (Wildman–Crippen LogP) is -1.45. The molecule has 0 aliphatic carbocycles. The van der Waals surface area contributed by atoms with Gasteiger partial charge in [-0.1, -0.05) is 6.07 Å². The highest BCUT2D eigenvalue weighted by Gasteiger charge is 2.19. The van der Waals surface area contributed by atoms with Crippen LogP contribution in [0, 0.1) is 0 Å². The van der Waals surface area contributed by atoms with Gasteiger partial charge in [-0.25, -0.2) is 4.79 Å². The molecule has 7 heteroatoms. The van der Waals surface area contributed by atoms with Crippen LogP contribution in [0.15, 0.2) is 23.0 Å². The Bertz CT molecular complexity index is 453. The van der Waals surface area contributed by atoms with Crippen molar-refractivity contribution >= 4 is 11.9 Å². The van der Waals surface area contributed by atoms with Crippen LogP contribution in [-0.2, 0) is 4.79 Å². The van der Waals surface area contributed by atoms with E-state index in [1.54, 1.807) is 0 Å². The maximum absolute atomic E-state index is 11.4. The van der Waals surface area contributed by atoms with Gasteiger partial charge in [-0.15, -0.1) is 0 Å². The molecule has 4 N–H and O–H groups in total. The third-order valence-corrected chi connectivity index (χ3v) is 1.80. The summed E-state index contributed by atoms with van der Waals surface area (Å²) in [6.45, 7) is -0.724. The van der Waals surface area contributed by atoms with E-state index in [1.165, 1.54) is 18.2 Å². The Kier molecular flexibility index (Phi) is 3.78. The lowest BCUT2D eigenvalue weighted by Crippen LogP contribution is -2.43. The zero-order valence-corrected chi connectivity index (χ0v) is 8.14. The first-order valence-corrected chi connectivity index (χ1v) is 4.38. The number of rotatable bonds is 4. The Labute approximate surface area is 89.7 Å². The Balaban J connectivity index is 2.79. The predicted molar refractivity (Wildman–Crippen MR) is 53.0 cm³/mol. The summed E-state index contributed by atoms with van der Waals surface area (Å²) in [4.78, 5) is 35.0. The van der Waals surface area contributed by atoms with Gasteiger partial charge in [-0.2, -0.15) is 0 Å². The van der Waals surface area contributed by atoms with Gasteiger partial charge in [-0.05, 0) is 6.07 Å². The molecule has 0 saturated heterocycles. The van der Waals surface area contributed by atoms with Gasteiger partial charge in [0.15, 0.2) is 6.04 Å². The zero-order valence-electron chi connectivity index (χ0n) is 8.14. The average molecular weight is 226 g/mol. The molecule has 0 spiro atoms. The Morgan fingerprint density at radius 3 is 2.62 bits per heavy atom. The molecule has 0 aliphatic rings. The van der Waals surface area contributed by atoms with Crippen molar-refractivity contribution < 1.29 is 19.8 Å². The number of aliphatic hydroxyl groups excluding tert-OH is 1. The summed E-state index contributed by atoms with van der Waals surface area (Å²) in [6.07, 6.45) is 0. The molecule has 1 heterocycles. The highest BCUT2D eigenvalue weighted by Crippen LogP contribution is 1.92. The van der Waals surface area contributed by atoms with Crippen LogP contribution in [0.25, 0.3) is 0 Å². The second-order valence-corrected chi connectivity index (χ2v) is 2.98. The molecule has 0 fully saturated rings. The molecule has 1 amide bonds. The van der Waals surface area contributed by atoms with Crippen LogP contribution in [0.5, 0.6) is 0 Å². The number of aliphatic hydroxyl groups is 1. The van der Waals surface area contributed by atoms with E-state index in [1.807, 2.05) is 0 Å². The molecule has 86 valence electrons. The summed E-state index contributed by atoms with van der Waals surface area (Å²) in [5.41, 5.74) is -0.532. The molecule has 0 radical (unpaired) electrons. The summed E-state index contributed by atoms with van der Waals surface area (Å²) in [6, 6.07) is 2.52. The number of carboxylic acids is 1. The van der Waals surface area contributed by atoms with E-state index >= 15 is 0 Å². The first-order chi connectivity index (χ1) is 7.54. The fraction of sp³-hybridized carbons (Fsp3) is 0.222. The van der Waals surface area contributed by atoms with Crippen LogP contribution in [0.2, 0.25) is 0 Å². The molecule has 7 nitrogen and oxygen atoms in total. The van der Waals surface area contributed by atoms with Gasteiger partial charge < -0.3 is 20.5 Å². The van der Waals surface area contributed by atoms with E-state index < -0.39 is 30.1 Å². The first-order valence-electron chi connectivity index (χ1n) is 4.38. The monoisotopic (exact) mass is 226 g/mol. The molecule has 0 unspecified atom stereocenters. The number of H-pyrrole nitrogens is 1. The van der Waals surface area contributed by atoms with E-state index in [2.05, 4.69) is 10.3 Å². The van der Waals surface area contributed by atoms with Gasteiger partial charge in [0.2, 0.25) is 5.56 Å². The minimum atomic E-state index is -1.39. The molecule has 0 aliphatic heterocycles. The third-order valence-electron chi connectivity index (χ3n) is 1.80. The average Bonchev–Trinajstić information content (AvgIpc) is 2.25. The fourth-order valence-corrected chi connectivity index (χ4v) is 1.00. The molecule has 1 aromatic heterocycles. The second-order valence-electron chi connectivity index (χ2n) is 2.98. The molecule has 0 aromatic carbocycles. The smallest absolute Gasteiger partial charge is 0.328 e. The quantitative estimate of drug-likeness (QED) is 0.500. The number of nitrogens with one attached hydrogen (secondary N) is 2. The summed E-state index contributed by atoms with van der Waals surface area (Å²) in [5, 5.41) is 19.3. The third kappa shape index (κ3) is 2.92. The normalized spacial score (nSPS) is 11.8. The van der Waals surface area contributed by atoms with Crippen LogP contribution in [0.4, 0.5) is 0 Å². The number of aromatic nitrogens is 1. The minimum absolute atomic E-state index is 0.0628. The Hall–Kier alpha value is -2.15. The molecule has 16 heavy (non-hydrogen) atoms. The number of carbonyl (C=O) groups excluding carboxylic acids is 1. The molecule has 1 aromatic rings. The maximum Gasteiger partial charge on any atom is 0.328 e. The lowest BCUT2D eigenvalue weighted by Gasteiger charge is -2.10. The van der Waals surface area contributed by atoms with E-state index in [4.69, 9.17) is 10.2 Å². The lowest BCUT2D eigenvalue weighted by atomic mass is 10.3. The van der Waals surface area contributed by atoms with Gasteiger partial charge in [0.05, 0.1) is 6.61 Å². The van der Waals surface area contributed by atoms with Crippen molar-refractivity contribution in [1.29, 1.82) is 0 Å². The summed E-state index contributed by atoms with van der Waals surface area (Å²) in [7, 11) is 0. The summed E-state index contributed by atoms with van der Waals surface area (Å²) < 4.78 is 0. The Morgan fingerprint density at radius 2 is 2.12 bits per heavy atom. The SMILES string of the molecule is O=C(N[C@H](CO)C(=O)O)c1cccc(=O)[nH]1. The largest absolute Gasteiger partial charge is 0.480 e. The highest BCUT2D eigenvalue weighted by atomic mass is 16.4. The Morgan fingerprint density at radius 1 is 1.44 bits per heavy atom. The standard InChI is InChI=1S/C9H10N2O5/c12-4-6(9(15)16)11-8(14)5-2-1-3-7(13)10-5/h1-3,6,12H,4H2,(H,10,13)(H,11,14)(H,15,16)/t6-/m1/s1. The van der Waals surface area contributed by atoms with Crippen molar-refractivity contribution in [3.63, 3.8) is 0 Å². The fourth-order valence-electron chi connectivity index (χ4n) is 1.00. The number of aromatic amines is 1. The van der Waals surface area contributed by atoms with Crippen molar-refractivity contribution in [2.45, 2.75) is 6.04 Å². The number of hydrogen-bond donors (Lipinski definition) is 4. The van der Waals surface area contributed by atoms with Crippen molar-refractivity contribution in [2.75, 3.05) is 6.61 Å². The van der Waals surface area contributed by atoms with Crippen molar-refractivity contribution in [2.24, 2.45) is 0 Å².